The topological polar surface area (TPSA) is 76.0 Å². The maximum atomic E-state index is 12.2. The average Bonchev–Trinajstić information content (AvgIpc) is 3.07. The van der Waals surface area contributed by atoms with E-state index in [0.717, 1.165) is 5.56 Å². The summed E-state index contributed by atoms with van der Waals surface area (Å²) in [6.45, 7) is 3.34. The summed E-state index contributed by atoms with van der Waals surface area (Å²) in [7, 11) is -3.16. The molecule has 2 aliphatic heterocycles. The van der Waals surface area contributed by atoms with Crippen LogP contribution in [0.3, 0.4) is 0 Å². The van der Waals surface area contributed by atoms with Crippen molar-refractivity contribution in [1.82, 2.24) is 0 Å². The number of amidine groups is 1. The smallest absolute Gasteiger partial charge is 0.244 e. The number of benzene rings is 2. The number of amides is 1. The van der Waals surface area contributed by atoms with Gasteiger partial charge in [-0.3, -0.25) is 4.79 Å². The molecule has 152 valence electrons. The summed E-state index contributed by atoms with van der Waals surface area (Å²) in [5.74, 6) is 0.883. The van der Waals surface area contributed by atoms with Crippen LogP contribution < -0.4 is 9.64 Å². The van der Waals surface area contributed by atoms with Crippen LogP contribution >= 0.6 is 23.4 Å². The molecule has 4 rings (SSSR count). The number of aryl methyl sites for hydroxylation is 1. The van der Waals surface area contributed by atoms with Gasteiger partial charge in [0, 0.05) is 17.2 Å². The molecular formula is C20H19ClN2O4S2. The highest BCUT2D eigenvalue weighted by atomic mass is 35.5. The molecule has 2 aliphatic rings. The molecule has 6 nitrogen and oxygen atoms in total. The zero-order chi connectivity index (χ0) is 20.8. The lowest BCUT2D eigenvalue weighted by molar-refractivity contribution is -0.115. The van der Waals surface area contributed by atoms with Crippen LogP contribution in [0.15, 0.2) is 47.5 Å². The maximum absolute atomic E-state index is 12.2. The van der Waals surface area contributed by atoms with Crippen molar-refractivity contribution in [3.8, 4) is 11.5 Å². The largest absolute Gasteiger partial charge is 0.455 e. The molecule has 2 aromatic rings. The molecule has 2 fully saturated rings. The average molecular weight is 451 g/mol. The van der Waals surface area contributed by atoms with Gasteiger partial charge in [0.05, 0.1) is 23.2 Å². The van der Waals surface area contributed by atoms with Crippen LogP contribution in [0.1, 0.15) is 12.5 Å². The van der Waals surface area contributed by atoms with Crippen LogP contribution in [0.2, 0.25) is 5.02 Å². The lowest BCUT2D eigenvalue weighted by atomic mass is 10.2. The fourth-order valence-electron chi connectivity index (χ4n) is 3.55. The van der Waals surface area contributed by atoms with Gasteiger partial charge >= 0.3 is 0 Å². The summed E-state index contributed by atoms with van der Waals surface area (Å²) in [6.07, 6.45) is 0. The first-order valence-electron chi connectivity index (χ1n) is 9.01. The number of hydrogen-bond acceptors (Lipinski definition) is 5. The zero-order valence-electron chi connectivity index (χ0n) is 15.8. The molecule has 1 amide bonds. The Kier molecular flexibility index (Phi) is 5.35. The van der Waals surface area contributed by atoms with Crippen LogP contribution in [0.5, 0.6) is 11.5 Å². The first-order valence-corrected chi connectivity index (χ1v) is 12.1. The van der Waals surface area contributed by atoms with E-state index >= 15 is 0 Å². The summed E-state index contributed by atoms with van der Waals surface area (Å²) in [5.41, 5.74) is 1.65. The fraction of sp³-hybridized carbons (Fsp3) is 0.300. The Morgan fingerprint density at radius 1 is 1.24 bits per heavy atom. The second-order valence-electron chi connectivity index (χ2n) is 7.11. The number of carbonyl (C=O) groups is 1. The molecule has 0 aromatic heterocycles. The number of thioether (sulfide) groups is 1. The minimum atomic E-state index is -3.16. The molecule has 0 N–H and O–H groups in total. The predicted molar refractivity (Wildman–Crippen MR) is 117 cm³/mol. The summed E-state index contributed by atoms with van der Waals surface area (Å²) in [6, 6.07) is 12.5. The minimum Gasteiger partial charge on any atom is -0.455 e. The SMILES string of the molecule is CC(=O)N=C1SC2CS(=O)(=O)CC2N1c1cc(Cl)ccc1Oc1cccc(C)c1. The van der Waals surface area contributed by atoms with Gasteiger partial charge in [-0.25, -0.2) is 8.42 Å². The lowest BCUT2D eigenvalue weighted by Gasteiger charge is -2.26. The zero-order valence-corrected chi connectivity index (χ0v) is 18.2. The Balaban J connectivity index is 1.80. The Hall–Kier alpha value is -2.03. The quantitative estimate of drug-likeness (QED) is 0.701. The maximum Gasteiger partial charge on any atom is 0.244 e. The highest BCUT2D eigenvalue weighted by Crippen LogP contribution is 2.45. The van der Waals surface area contributed by atoms with Crippen molar-refractivity contribution in [2.45, 2.75) is 25.1 Å². The Morgan fingerprint density at radius 2 is 2.03 bits per heavy atom. The van der Waals surface area contributed by atoms with Gasteiger partial charge in [0.15, 0.2) is 20.8 Å². The molecular weight excluding hydrogens is 432 g/mol. The number of ether oxygens (including phenoxy) is 1. The Labute approximate surface area is 178 Å². The van der Waals surface area contributed by atoms with Gasteiger partial charge in [0.1, 0.15) is 5.75 Å². The number of halogens is 1. The normalized spacial score (nSPS) is 24.0. The van der Waals surface area contributed by atoms with Crippen LogP contribution in [-0.4, -0.2) is 42.3 Å². The van der Waals surface area contributed by atoms with Crippen molar-refractivity contribution in [2.75, 3.05) is 16.4 Å². The number of carbonyl (C=O) groups excluding carboxylic acids is 1. The van der Waals surface area contributed by atoms with Crippen LogP contribution in [0.4, 0.5) is 5.69 Å². The molecule has 29 heavy (non-hydrogen) atoms. The number of anilines is 1. The first-order chi connectivity index (χ1) is 13.7. The number of nitrogens with zero attached hydrogens (tertiary/aromatic N) is 2. The van der Waals surface area contributed by atoms with Gasteiger partial charge in [-0.05, 0) is 42.8 Å². The van der Waals surface area contributed by atoms with Gasteiger partial charge < -0.3 is 9.64 Å². The van der Waals surface area contributed by atoms with E-state index in [2.05, 4.69) is 4.99 Å². The molecule has 0 aliphatic carbocycles. The van der Waals surface area contributed by atoms with Crippen molar-refractivity contribution in [1.29, 1.82) is 0 Å². The number of fused-ring (bicyclic) bond motifs is 1. The summed E-state index contributed by atoms with van der Waals surface area (Å²) in [5, 5.41) is 0.760. The van der Waals surface area contributed by atoms with Crippen molar-refractivity contribution >= 4 is 50.0 Å². The highest BCUT2D eigenvalue weighted by Gasteiger charge is 2.50. The fourth-order valence-corrected chi connectivity index (χ4v) is 7.67. The molecule has 0 bridgehead atoms. The third-order valence-corrected chi connectivity index (χ3v) is 8.16. The monoisotopic (exact) mass is 450 g/mol. The molecule has 0 radical (unpaired) electrons. The van der Waals surface area contributed by atoms with Gasteiger partial charge in [-0.2, -0.15) is 4.99 Å². The van der Waals surface area contributed by atoms with E-state index in [1.807, 2.05) is 31.2 Å². The first kappa shape index (κ1) is 20.3. The molecule has 2 aromatic carbocycles. The molecule has 2 unspecified atom stereocenters. The molecule has 2 saturated heterocycles. The van der Waals surface area contributed by atoms with E-state index in [0.29, 0.717) is 27.4 Å². The number of sulfone groups is 1. The van der Waals surface area contributed by atoms with Gasteiger partial charge in [-0.1, -0.05) is 35.5 Å². The number of rotatable bonds is 3. The third-order valence-electron chi connectivity index (χ3n) is 4.72. The molecule has 0 saturated carbocycles. The molecule has 2 heterocycles. The van der Waals surface area contributed by atoms with Crippen molar-refractivity contribution < 1.29 is 17.9 Å². The second kappa shape index (κ2) is 7.66. The number of hydrogen-bond donors (Lipinski definition) is 0. The summed E-state index contributed by atoms with van der Waals surface area (Å²) < 4.78 is 30.6. The molecule has 0 spiro atoms. The van der Waals surface area contributed by atoms with E-state index in [1.54, 1.807) is 23.1 Å². The van der Waals surface area contributed by atoms with Crippen LogP contribution in [-0.2, 0) is 14.6 Å². The van der Waals surface area contributed by atoms with Crippen molar-refractivity contribution in [3.05, 3.63) is 53.1 Å². The predicted octanol–water partition coefficient (Wildman–Crippen LogP) is 4.06. The van der Waals surface area contributed by atoms with Crippen LogP contribution in [0, 0.1) is 6.92 Å². The van der Waals surface area contributed by atoms with E-state index in [1.165, 1.54) is 18.7 Å². The van der Waals surface area contributed by atoms with E-state index in [-0.39, 0.29) is 28.7 Å². The van der Waals surface area contributed by atoms with E-state index in [4.69, 9.17) is 16.3 Å². The Bertz CT molecular complexity index is 1120. The standard InChI is InChI=1S/C20H19ClN2O4S2/c1-12-4-3-5-15(8-12)27-18-7-6-14(21)9-16(18)23-17-10-29(25,26)11-19(17)28-20(23)22-13(2)24/h3-9,17,19H,10-11H2,1-2H3. The lowest BCUT2D eigenvalue weighted by Crippen LogP contribution is -2.37. The summed E-state index contributed by atoms with van der Waals surface area (Å²) in [4.78, 5) is 17.6. The molecule has 9 heteroatoms. The van der Waals surface area contributed by atoms with Gasteiger partial charge in [-0.15, -0.1) is 0 Å². The third kappa shape index (κ3) is 4.29. The van der Waals surface area contributed by atoms with Gasteiger partial charge in [0.25, 0.3) is 0 Å². The Morgan fingerprint density at radius 3 is 2.76 bits per heavy atom. The number of aliphatic imine (C=N–C) groups is 1. The van der Waals surface area contributed by atoms with Crippen LogP contribution in [0.25, 0.3) is 0 Å². The molecule has 2 atom stereocenters. The van der Waals surface area contributed by atoms with Crippen molar-refractivity contribution in [3.63, 3.8) is 0 Å². The van der Waals surface area contributed by atoms with Crippen molar-refractivity contribution in [2.24, 2.45) is 4.99 Å². The minimum absolute atomic E-state index is 0.00199. The second-order valence-corrected chi connectivity index (χ2v) is 10.9. The highest BCUT2D eigenvalue weighted by molar-refractivity contribution is 8.16. The summed E-state index contributed by atoms with van der Waals surface area (Å²) >= 11 is 7.58. The van der Waals surface area contributed by atoms with E-state index in [9.17, 15) is 13.2 Å². The van der Waals surface area contributed by atoms with E-state index < -0.39 is 9.84 Å². The van der Waals surface area contributed by atoms with Gasteiger partial charge in [0.2, 0.25) is 5.91 Å².